The van der Waals surface area contributed by atoms with Gasteiger partial charge in [-0.3, -0.25) is 0 Å². The maximum Gasteiger partial charge on any atom is 0.00165 e. The molecule has 0 saturated heterocycles. The van der Waals surface area contributed by atoms with E-state index < -0.39 is 0 Å². The van der Waals surface area contributed by atoms with Crippen molar-refractivity contribution < 1.29 is 0 Å². The molecule has 0 spiro atoms. The van der Waals surface area contributed by atoms with Gasteiger partial charge in [-0.15, -0.1) is 0 Å². The summed E-state index contributed by atoms with van der Waals surface area (Å²) in [5.41, 5.74) is 0. The van der Waals surface area contributed by atoms with Gasteiger partial charge in [0.2, 0.25) is 0 Å². The van der Waals surface area contributed by atoms with Crippen LogP contribution in [0.25, 0.3) is 0 Å². The van der Waals surface area contributed by atoms with Crippen molar-refractivity contribution in [3.05, 3.63) is 0 Å². The molecule has 0 saturated carbocycles. The largest absolute Gasteiger partial charge is 0.176 e. The summed E-state index contributed by atoms with van der Waals surface area (Å²) in [5, 5.41) is 0.574. The van der Waals surface area contributed by atoms with Crippen molar-refractivity contribution in [2.45, 2.75) is 38.9 Å². The lowest BCUT2D eigenvalue weighted by Crippen LogP contribution is -2.08. The van der Waals surface area contributed by atoms with Gasteiger partial charge in [-0.2, -0.15) is 12.6 Å². The van der Waals surface area contributed by atoms with Gasteiger partial charge in [0, 0.05) is 5.25 Å². The summed E-state index contributed by atoms with van der Waals surface area (Å²) in [5.74, 6) is 0.818. The van der Waals surface area contributed by atoms with E-state index in [1.54, 1.807) is 0 Å². The standard InChI is InChI=1S/C7H16S/c1-4-7(5-2)6(3)8/h6-8H,4-5H2,1-3H3. The van der Waals surface area contributed by atoms with Crippen molar-refractivity contribution in [3.63, 3.8) is 0 Å². The Morgan fingerprint density at radius 2 is 1.62 bits per heavy atom. The summed E-state index contributed by atoms with van der Waals surface area (Å²) >= 11 is 4.35. The van der Waals surface area contributed by atoms with Gasteiger partial charge in [0.25, 0.3) is 0 Å². The lowest BCUT2D eigenvalue weighted by Gasteiger charge is -2.14. The molecule has 1 heteroatoms. The average Bonchev–Trinajstić information content (AvgIpc) is 1.69. The molecule has 0 aliphatic carbocycles. The van der Waals surface area contributed by atoms with Gasteiger partial charge in [0.05, 0.1) is 0 Å². The summed E-state index contributed by atoms with van der Waals surface area (Å²) in [6, 6.07) is 0. The second kappa shape index (κ2) is 4.25. The molecular weight excluding hydrogens is 116 g/mol. The van der Waals surface area contributed by atoms with Crippen LogP contribution in [-0.2, 0) is 0 Å². The second-order valence-electron chi connectivity index (χ2n) is 2.32. The van der Waals surface area contributed by atoms with Crippen LogP contribution in [0.1, 0.15) is 33.6 Å². The van der Waals surface area contributed by atoms with Crippen LogP contribution in [0.4, 0.5) is 0 Å². The molecule has 1 unspecified atom stereocenters. The molecular formula is C7H16S. The average molecular weight is 132 g/mol. The van der Waals surface area contributed by atoms with E-state index >= 15 is 0 Å². The van der Waals surface area contributed by atoms with Crippen LogP contribution < -0.4 is 0 Å². The van der Waals surface area contributed by atoms with Crippen LogP contribution in [0.2, 0.25) is 0 Å². The Hall–Kier alpha value is 0.350. The molecule has 0 fully saturated rings. The molecule has 0 N–H and O–H groups in total. The van der Waals surface area contributed by atoms with E-state index in [4.69, 9.17) is 0 Å². The highest BCUT2D eigenvalue weighted by molar-refractivity contribution is 7.80. The van der Waals surface area contributed by atoms with Gasteiger partial charge >= 0.3 is 0 Å². The fourth-order valence-corrected chi connectivity index (χ4v) is 1.39. The predicted octanol–water partition coefficient (Wildman–Crippen LogP) is 2.74. The summed E-state index contributed by atoms with van der Waals surface area (Å²) in [6.07, 6.45) is 2.53. The van der Waals surface area contributed by atoms with E-state index in [0.717, 1.165) is 5.92 Å². The van der Waals surface area contributed by atoms with Crippen LogP contribution in [0.3, 0.4) is 0 Å². The van der Waals surface area contributed by atoms with Gasteiger partial charge in [-0.05, 0) is 5.92 Å². The highest BCUT2D eigenvalue weighted by Crippen LogP contribution is 2.16. The molecule has 0 aromatic heterocycles. The van der Waals surface area contributed by atoms with Crippen molar-refractivity contribution in [3.8, 4) is 0 Å². The maximum absolute atomic E-state index is 4.35. The van der Waals surface area contributed by atoms with E-state index in [-0.39, 0.29) is 0 Å². The number of hydrogen-bond donors (Lipinski definition) is 1. The monoisotopic (exact) mass is 132 g/mol. The Morgan fingerprint density at radius 1 is 1.25 bits per heavy atom. The second-order valence-corrected chi connectivity index (χ2v) is 3.13. The van der Waals surface area contributed by atoms with E-state index in [1.807, 2.05) is 0 Å². The zero-order chi connectivity index (χ0) is 6.57. The minimum absolute atomic E-state index is 0.574. The zero-order valence-corrected chi connectivity index (χ0v) is 6.91. The lowest BCUT2D eigenvalue weighted by molar-refractivity contribution is 0.491. The van der Waals surface area contributed by atoms with Crippen molar-refractivity contribution >= 4 is 12.6 Å². The minimum Gasteiger partial charge on any atom is -0.176 e. The molecule has 0 heterocycles. The third-order valence-electron chi connectivity index (χ3n) is 1.73. The molecule has 0 aliphatic rings. The van der Waals surface area contributed by atoms with Crippen LogP contribution in [0.5, 0.6) is 0 Å². The highest BCUT2D eigenvalue weighted by Gasteiger charge is 2.07. The molecule has 1 atom stereocenters. The summed E-state index contributed by atoms with van der Waals surface area (Å²) in [6.45, 7) is 6.61. The van der Waals surface area contributed by atoms with Crippen molar-refractivity contribution in [2.75, 3.05) is 0 Å². The first-order chi connectivity index (χ1) is 3.72. The van der Waals surface area contributed by atoms with Gasteiger partial charge in [0.1, 0.15) is 0 Å². The normalized spacial score (nSPS) is 14.6. The molecule has 8 heavy (non-hydrogen) atoms. The van der Waals surface area contributed by atoms with E-state index in [1.165, 1.54) is 12.8 Å². The Kier molecular flexibility index (Phi) is 4.44. The first-order valence-corrected chi connectivity index (χ1v) is 3.92. The Morgan fingerprint density at radius 3 is 1.62 bits per heavy atom. The van der Waals surface area contributed by atoms with Gasteiger partial charge in [-0.1, -0.05) is 33.6 Å². The smallest absolute Gasteiger partial charge is 0.00165 e. The third-order valence-corrected chi connectivity index (χ3v) is 2.15. The molecule has 0 aromatic rings. The molecule has 0 aromatic carbocycles. The van der Waals surface area contributed by atoms with Gasteiger partial charge in [0.15, 0.2) is 0 Å². The SMILES string of the molecule is CCC(CC)C(C)S. The number of rotatable bonds is 3. The van der Waals surface area contributed by atoms with Gasteiger partial charge in [-0.25, -0.2) is 0 Å². The Bertz CT molecular complexity index is 46.3. The fraction of sp³-hybridized carbons (Fsp3) is 1.00. The van der Waals surface area contributed by atoms with Crippen molar-refractivity contribution in [2.24, 2.45) is 5.92 Å². The molecule has 50 valence electrons. The topological polar surface area (TPSA) is 0 Å². The predicted molar refractivity (Wildman–Crippen MR) is 42.5 cm³/mol. The fourth-order valence-electron chi connectivity index (χ4n) is 0.971. The molecule has 0 aliphatic heterocycles. The summed E-state index contributed by atoms with van der Waals surface area (Å²) in [4.78, 5) is 0. The lowest BCUT2D eigenvalue weighted by atomic mass is 10.0. The summed E-state index contributed by atoms with van der Waals surface area (Å²) in [7, 11) is 0. The number of hydrogen-bond acceptors (Lipinski definition) is 1. The molecule has 0 amide bonds. The Labute approximate surface area is 58.1 Å². The first-order valence-electron chi connectivity index (χ1n) is 3.40. The summed E-state index contributed by atoms with van der Waals surface area (Å²) < 4.78 is 0. The van der Waals surface area contributed by atoms with Crippen LogP contribution in [0, 0.1) is 5.92 Å². The maximum atomic E-state index is 4.35. The molecule has 0 bridgehead atoms. The minimum atomic E-state index is 0.574. The quantitative estimate of drug-likeness (QED) is 0.561. The third kappa shape index (κ3) is 2.61. The van der Waals surface area contributed by atoms with Crippen molar-refractivity contribution in [1.82, 2.24) is 0 Å². The van der Waals surface area contributed by atoms with E-state index in [2.05, 4.69) is 33.4 Å². The molecule has 0 rings (SSSR count). The number of thiol groups is 1. The zero-order valence-electron chi connectivity index (χ0n) is 6.02. The van der Waals surface area contributed by atoms with Crippen LogP contribution in [-0.4, -0.2) is 5.25 Å². The van der Waals surface area contributed by atoms with Crippen molar-refractivity contribution in [1.29, 1.82) is 0 Å². The van der Waals surface area contributed by atoms with E-state index in [9.17, 15) is 0 Å². The van der Waals surface area contributed by atoms with Crippen LogP contribution >= 0.6 is 12.6 Å². The first kappa shape index (κ1) is 8.35. The molecule has 0 nitrogen and oxygen atoms in total. The Balaban J connectivity index is 3.35. The van der Waals surface area contributed by atoms with E-state index in [0.29, 0.717) is 5.25 Å². The highest BCUT2D eigenvalue weighted by atomic mass is 32.1. The molecule has 0 radical (unpaired) electrons. The van der Waals surface area contributed by atoms with Crippen LogP contribution in [0.15, 0.2) is 0 Å². The van der Waals surface area contributed by atoms with Gasteiger partial charge < -0.3 is 0 Å².